The van der Waals surface area contributed by atoms with Gasteiger partial charge in [0.05, 0.1) is 29.6 Å². The third-order valence-corrected chi connectivity index (χ3v) is 15.1. The lowest BCUT2D eigenvalue weighted by atomic mass is 10.0. The lowest BCUT2D eigenvalue weighted by Crippen LogP contribution is -2.49. The number of carbonyl (C=O) groups excluding carboxylic acids is 3. The number of fused-ring (bicyclic) bond motifs is 1. The Morgan fingerprint density at radius 2 is 1.82 bits per heavy atom. The molecule has 2 saturated carbocycles. The van der Waals surface area contributed by atoms with E-state index in [1.807, 2.05) is 66.9 Å². The van der Waals surface area contributed by atoms with Crippen LogP contribution in [0.4, 0.5) is 5.69 Å². The SMILES string of the molecule is COc1ccc2c(OC3C[C@@H](C(N)=O)N(C(=O)[C@H](CCCCC/C=C\[C@@H]4C[C@@H]4C(=O)NS(=O)(=O)C4(C)CC4)Nc4ccccc4)C3)cc(-c3nc(C(C)C)cs3)nc2c1C. The first-order chi connectivity index (χ1) is 28.7. The number of carbonyl (C=O) groups is 3. The van der Waals surface area contributed by atoms with Crippen molar-refractivity contribution < 1.29 is 32.3 Å². The summed E-state index contributed by atoms with van der Waals surface area (Å²) in [7, 11) is -2.00. The van der Waals surface area contributed by atoms with Crippen molar-refractivity contribution >= 4 is 55.7 Å². The van der Waals surface area contributed by atoms with Crippen LogP contribution in [-0.2, 0) is 24.4 Å². The molecule has 3 aliphatic rings. The number of pyridine rings is 1. The fourth-order valence-electron chi connectivity index (χ4n) is 7.81. The van der Waals surface area contributed by atoms with Crippen molar-refractivity contribution in [1.29, 1.82) is 0 Å². The molecule has 1 aliphatic heterocycles. The third kappa shape index (κ3) is 9.62. The number of thiazole rings is 1. The van der Waals surface area contributed by atoms with Crippen molar-refractivity contribution in [2.24, 2.45) is 17.6 Å². The summed E-state index contributed by atoms with van der Waals surface area (Å²) in [6.45, 7) is 8.01. The van der Waals surface area contributed by atoms with Gasteiger partial charge in [0.2, 0.25) is 27.7 Å². The average molecular weight is 857 g/mol. The van der Waals surface area contributed by atoms with Crippen LogP contribution in [0.15, 0.2) is 66.1 Å². The van der Waals surface area contributed by atoms with Gasteiger partial charge in [-0.2, -0.15) is 0 Å². The van der Waals surface area contributed by atoms with E-state index in [0.717, 1.165) is 58.5 Å². The Bertz CT molecular complexity index is 2360. The topological polar surface area (TPSA) is 183 Å². The monoisotopic (exact) mass is 856 g/mol. The van der Waals surface area contributed by atoms with Crippen molar-refractivity contribution in [1.82, 2.24) is 19.6 Å². The number of aryl methyl sites for hydroxylation is 1. The van der Waals surface area contributed by atoms with Gasteiger partial charge >= 0.3 is 0 Å². The van der Waals surface area contributed by atoms with E-state index in [2.05, 4.69) is 30.0 Å². The molecular formula is C45H56N6O7S2. The van der Waals surface area contributed by atoms with E-state index in [9.17, 15) is 22.8 Å². The van der Waals surface area contributed by atoms with Gasteiger partial charge in [-0.3, -0.25) is 19.1 Å². The number of rotatable bonds is 19. The molecule has 1 unspecified atom stereocenters. The highest BCUT2D eigenvalue weighted by atomic mass is 32.2. The predicted molar refractivity (Wildman–Crippen MR) is 234 cm³/mol. The number of aromatic nitrogens is 2. The molecule has 60 heavy (non-hydrogen) atoms. The molecule has 1 saturated heterocycles. The zero-order chi connectivity index (χ0) is 42.8. The number of para-hydroxylation sites is 1. The summed E-state index contributed by atoms with van der Waals surface area (Å²) in [5.41, 5.74) is 10.0. The highest BCUT2D eigenvalue weighted by Gasteiger charge is 2.52. The molecule has 0 spiro atoms. The fraction of sp³-hybridized carbons (Fsp3) is 0.489. The molecule has 5 atom stereocenters. The first kappa shape index (κ1) is 43.1. The molecule has 3 heterocycles. The first-order valence-electron chi connectivity index (χ1n) is 20.9. The zero-order valence-corrected chi connectivity index (χ0v) is 36.6. The quantitative estimate of drug-likeness (QED) is 0.0642. The van der Waals surface area contributed by atoms with Gasteiger partial charge in [0.25, 0.3) is 0 Å². The molecular weight excluding hydrogens is 801 g/mol. The Hall–Kier alpha value is -5.02. The summed E-state index contributed by atoms with van der Waals surface area (Å²) in [5, 5.41) is 7.02. The van der Waals surface area contributed by atoms with Gasteiger partial charge in [0.15, 0.2) is 0 Å². The van der Waals surface area contributed by atoms with Crippen LogP contribution in [0.5, 0.6) is 11.5 Å². The van der Waals surface area contributed by atoms with Crippen molar-refractivity contribution in [3.63, 3.8) is 0 Å². The standard InChI is InChI=1S/C45H56N6O7S2/c1-27(2)36-26-59-43(49-36)35-24-39(32-18-19-38(57-5)28(3)40(32)48-35)58-31-23-37(41(46)52)51(25-31)44(54)34(47-30-15-11-9-12-16-30)17-13-8-6-7-10-14-29-22-33(29)42(53)50-60(55,56)45(4)20-21-45/h9-12,14-16,18-19,24,26-27,29,31,33-34,37,47H,6-8,13,17,20-23,25H2,1-5H3,(H2,46,52)(H,50,53)/b14-10-/t29-,31?,33+,34+,37+/m1/s1. The second kappa shape index (κ2) is 17.9. The van der Waals surface area contributed by atoms with Gasteiger partial charge in [-0.1, -0.05) is 57.0 Å². The molecule has 7 rings (SSSR count). The highest BCUT2D eigenvalue weighted by molar-refractivity contribution is 7.91. The van der Waals surface area contributed by atoms with Crippen LogP contribution < -0.4 is 25.2 Å². The molecule has 3 fully saturated rings. The number of unbranched alkanes of at least 4 members (excludes halogenated alkanes) is 3. The van der Waals surface area contributed by atoms with Crippen LogP contribution in [0.3, 0.4) is 0 Å². The van der Waals surface area contributed by atoms with Crippen LogP contribution in [0.25, 0.3) is 21.6 Å². The molecule has 2 aliphatic carbocycles. The minimum atomic E-state index is -3.63. The molecule has 320 valence electrons. The second-order valence-electron chi connectivity index (χ2n) is 17.0. The van der Waals surface area contributed by atoms with Gasteiger partial charge in [0, 0.05) is 40.4 Å². The number of nitrogens with two attached hydrogens (primary N) is 1. The Balaban J connectivity index is 1.00. The van der Waals surface area contributed by atoms with Crippen molar-refractivity contribution in [2.75, 3.05) is 19.0 Å². The maximum atomic E-state index is 14.5. The summed E-state index contributed by atoms with van der Waals surface area (Å²) in [4.78, 5) is 51.4. The second-order valence-corrected chi connectivity index (χ2v) is 20.0. The van der Waals surface area contributed by atoms with Gasteiger partial charge < -0.3 is 25.4 Å². The summed E-state index contributed by atoms with van der Waals surface area (Å²) in [6.07, 6.45) is 9.48. The number of benzene rings is 2. The van der Waals surface area contributed by atoms with Gasteiger partial charge in [-0.25, -0.2) is 18.4 Å². The number of hydrogen-bond acceptors (Lipinski definition) is 11. The zero-order valence-electron chi connectivity index (χ0n) is 35.0. The van der Waals surface area contributed by atoms with Gasteiger partial charge in [-0.15, -0.1) is 11.3 Å². The normalized spacial score (nSPS) is 21.3. The number of anilines is 1. The van der Waals surface area contributed by atoms with Crippen molar-refractivity contribution in [2.45, 2.75) is 114 Å². The summed E-state index contributed by atoms with van der Waals surface area (Å²) in [6, 6.07) is 13.8. The maximum Gasteiger partial charge on any atom is 0.245 e. The molecule has 3 amide bonds. The lowest BCUT2D eigenvalue weighted by molar-refractivity contribution is -0.138. The number of primary amides is 1. The Morgan fingerprint density at radius 1 is 1.05 bits per heavy atom. The third-order valence-electron chi connectivity index (χ3n) is 12.0. The number of amides is 3. The van der Waals surface area contributed by atoms with E-state index in [1.54, 1.807) is 18.9 Å². The van der Waals surface area contributed by atoms with Crippen LogP contribution >= 0.6 is 11.3 Å². The molecule has 4 N–H and O–H groups in total. The van der Waals surface area contributed by atoms with E-state index in [1.165, 1.54) is 11.3 Å². The summed E-state index contributed by atoms with van der Waals surface area (Å²) in [5.74, 6) is 0.0911. The van der Waals surface area contributed by atoms with Crippen molar-refractivity contribution in [3.05, 3.63) is 77.3 Å². The first-order valence-corrected chi connectivity index (χ1v) is 23.3. The van der Waals surface area contributed by atoms with E-state index in [0.29, 0.717) is 42.9 Å². The van der Waals surface area contributed by atoms with Crippen LogP contribution in [0, 0.1) is 18.8 Å². The molecule has 2 aromatic carbocycles. The number of methoxy groups -OCH3 is 1. The average Bonchev–Trinajstić information content (AvgIpc) is 4.06. The van der Waals surface area contributed by atoms with Gasteiger partial charge in [0.1, 0.15) is 40.4 Å². The number of hydrogen-bond donors (Lipinski definition) is 3. The Kier molecular flexibility index (Phi) is 12.9. The Morgan fingerprint density at radius 3 is 2.50 bits per heavy atom. The predicted octanol–water partition coefficient (Wildman–Crippen LogP) is 7.25. The summed E-state index contributed by atoms with van der Waals surface area (Å²) < 4.78 is 38.7. The molecule has 2 aromatic heterocycles. The Labute approximate surface area is 356 Å². The van der Waals surface area contributed by atoms with Crippen LogP contribution in [0.1, 0.15) is 95.7 Å². The summed E-state index contributed by atoms with van der Waals surface area (Å²) >= 11 is 1.52. The van der Waals surface area contributed by atoms with Gasteiger partial charge in [-0.05, 0) is 88.5 Å². The molecule has 0 bridgehead atoms. The number of allylic oxidation sites excluding steroid dienone is 2. The smallest absolute Gasteiger partial charge is 0.245 e. The highest BCUT2D eigenvalue weighted by Crippen LogP contribution is 2.44. The van der Waals surface area contributed by atoms with E-state index >= 15 is 0 Å². The number of nitrogens with one attached hydrogen (secondary N) is 2. The van der Waals surface area contributed by atoms with Crippen LogP contribution in [-0.4, -0.2) is 77.6 Å². The van der Waals surface area contributed by atoms with Crippen molar-refractivity contribution in [3.8, 4) is 22.2 Å². The van der Waals surface area contributed by atoms with Crippen LogP contribution in [0.2, 0.25) is 0 Å². The maximum absolute atomic E-state index is 14.5. The molecule has 4 aromatic rings. The van der Waals surface area contributed by atoms with E-state index in [-0.39, 0.29) is 36.6 Å². The van der Waals surface area contributed by atoms with E-state index < -0.39 is 44.8 Å². The number of ether oxygens (including phenoxy) is 2. The molecule has 13 nitrogen and oxygen atoms in total. The fourth-order valence-corrected chi connectivity index (χ4v) is 10.1. The number of likely N-dealkylation sites (tertiary alicyclic amines) is 1. The largest absolute Gasteiger partial charge is 0.496 e. The number of nitrogens with zero attached hydrogens (tertiary/aromatic N) is 3. The molecule has 15 heteroatoms. The minimum Gasteiger partial charge on any atom is -0.496 e. The minimum absolute atomic E-state index is 0.0543. The molecule has 0 radical (unpaired) electrons. The lowest BCUT2D eigenvalue weighted by Gasteiger charge is -2.28. The van der Waals surface area contributed by atoms with E-state index in [4.69, 9.17) is 25.2 Å². The number of sulfonamides is 1.